The summed E-state index contributed by atoms with van der Waals surface area (Å²) in [6, 6.07) is 22.4. The Balaban J connectivity index is 1.18. The van der Waals surface area contributed by atoms with Gasteiger partial charge in [0.1, 0.15) is 13.2 Å². The van der Waals surface area contributed by atoms with Crippen LogP contribution in [-0.2, 0) is 23.0 Å². The third kappa shape index (κ3) is 6.04. The normalized spacial score (nSPS) is 18.4. The van der Waals surface area contributed by atoms with Gasteiger partial charge in [-0.1, -0.05) is 35.9 Å². The summed E-state index contributed by atoms with van der Waals surface area (Å²) in [7, 11) is -4.09. The van der Waals surface area contributed by atoms with E-state index in [1.807, 2.05) is 34.9 Å². The van der Waals surface area contributed by atoms with Crippen LogP contribution in [0.1, 0.15) is 34.0 Å². The molecule has 0 radical (unpaired) electrons. The third-order valence-corrected chi connectivity index (χ3v) is 10.5. The lowest BCUT2D eigenvalue weighted by Crippen LogP contribution is -2.47. The molecule has 1 aromatic heterocycles. The van der Waals surface area contributed by atoms with Gasteiger partial charge in [0.2, 0.25) is 0 Å². The molecule has 46 heavy (non-hydrogen) atoms. The molecule has 3 aromatic carbocycles. The Morgan fingerprint density at radius 2 is 1.74 bits per heavy atom. The monoisotopic (exact) mass is 660 g/mol. The van der Waals surface area contributed by atoms with E-state index < -0.39 is 10.0 Å². The van der Waals surface area contributed by atoms with Gasteiger partial charge >= 0.3 is 0 Å². The maximum Gasteiger partial charge on any atom is 0.262 e. The highest BCUT2D eigenvalue weighted by atomic mass is 35.5. The zero-order valence-corrected chi connectivity index (χ0v) is 26.5. The zero-order valence-electron chi connectivity index (χ0n) is 24.9. The largest absolute Gasteiger partial charge is 0.486 e. The average molecular weight is 661 g/mol. The van der Waals surface area contributed by atoms with E-state index in [-0.39, 0.29) is 28.2 Å². The van der Waals surface area contributed by atoms with Crippen molar-refractivity contribution in [2.75, 3.05) is 42.5 Å². The molecule has 1 fully saturated rings. The minimum absolute atomic E-state index is 0.00145. The first-order valence-electron chi connectivity index (χ1n) is 15.3. The van der Waals surface area contributed by atoms with Crippen molar-refractivity contribution in [2.24, 2.45) is 5.92 Å². The molecule has 2 N–H and O–H groups in total. The molecule has 12 heteroatoms. The Morgan fingerprint density at radius 3 is 2.59 bits per heavy atom. The molecule has 238 valence electrons. The maximum absolute atomic E-state index is 13.8. The lowest BCUT2D eigenvalue weighted by molar-refractivity contribution is 0.0954. The van der Waals surface area contributed by atoms with Gasteiger partial charge in [-0.05, 0) is 66.8 Å². The van der Waals surface area contributed by atoms with Crippen molar-refractivity contribution in [1.29, 1.82) is 0 Å². The number of fused-ring (bicyclic) bond motifs is 5. The van der Waals surface area contributed by atoms with E-state index in [9.17, 15) is 18.0 Å². The van der Waals surface area contributed by atoms with Gasteiger partial charge in [-0.2, -0.15) is 0 Å². The molecule has 2 unspecified atom stereocenters. The first-order valence-corrected chi connectivity index (χ1v) is 17.1. The summed E-state index contributed by atoms with van der Waals surface area (Å²) in [5.74, 6) is 0.833. The Bertz CT molecular complexity index is 1980. The number of rotatable bonds is 8. The predicted octanol–water partition coefficient (Wildman–Crippen LogP) is 4.67. The maximum atomic E-state index is 13.8. The highest BCUT2D eigenvalue weighted by Crippen LogP contribution is 2.40. The smallest absolute Gasteiger partial charge is 0.262 e. The molecule has 0 aliphatic carbocycles. The summed E-state index contributed by atoms with van der Waals surface area (Å²) in [5.41, 5.74) is 3.18. The van der Waals surface area contributed by atoms with Gasteiger partial charge < -0.3 is 24.3 Å². The molecule has 1 amide bonds. The van der Waals surface area contributed by atoms with Gasteiger partial charge in [0.15, 0.2) is 11.5 Å². The van der Waals surface area contributed by atoms with Gasteiger partial charge in [0.05, 0.1) is 16.3 Å². The number of amides is 1. The van der Waals surface area contributed by atoms with Crippen LogP contribution in [0.3, 0.4) is 0 Å². The van der Waals surface area contributed by atoms with E-state index in [1.165, 1.54) is 12.1 Å². The summed E-state index contributed by atoms with van der Waals surface area (Å²) in [6.45, 7) is 2.92. The number of anilines is 2. The number of aromatic nitrogens is 1. The van der Waals surface area contributed by atoms with E-state index in [4.69, 9.17) is 21.1 Å². The Labute approximate surface area is 272 Å². The van der Waals surface area contributed by atoms with Crippen molar-refractivity contribution in [1.82, 2.24) is 9.88 Å². The summed E-state index contributed by atoms with van der Waals surface area (Å²) in [4.78, 5) is 28.0. The fourth-order valence-corrected chi connectivity index (χ4v) is 7.95. The molecule has 10 nitrogen and oxygen atoms in total. The number of benzene rings is 3. The van der Waals surface area contributed by atoms with Crippen molar-refractivity contribution in [3.63, 3.8) is 0 Å². The number of ether oxygens (including phenoxy) is 2. The third-order valence-electron chi connectivity index (χ3n) is 8.79. The molecular formula is C34H33ClN4O6S. The van der Waals surface area contributed by atoms with Crippen LogP contribution >= 0.6 is 11.6 Å². The van der Waals surface area contributed by atoms with Gasteiger partial charge in [-0.3, -0.25) is 14.3 Å². The first-order chi connectivity index (χ1) is 22.2. The number of nitrogens with zero attached hydrogens (tertiary/aromatic N) is 2. The summed E-state index contributed by atoms with van der Waals surface area (Å²) in [5, 5.41) is 3.56. The summed E-state index contributed by atoms with van der Waals surface area (Å²) in [6.07, 6.45) is 1.50. The molecule has 0 spiro atoms. The van der Waals surface area contributed by atoms with Gasteiger partial charge in [0, 0.05) is 60.5 Å². The zero-order chi connectivity index (χ0) is 31.8. The predicted molar refractivity (Wildman–Crippen MR) is 176 cm³/mol. The molecule has 2 bridgehead atoms. The summed E-state index contributed by atoms with van der Waals surface area (Å²) < 4.78 is 43.4. The highest BCUT2D eigenvalue weighted by molar-refractivity contribution is 7.92. The minimum Gasteiger partial charge on any atom is -0.486 e. The quantitative estimate of drug-likeness (QED) is 0.282. The number of halogens is 1. The molecule has 2 atom stereocenters. The van der Waals surface area contributed by atoms with E-state index in [0.717, 1.165) is 17.7 Å². The molecule has 3 aliphatic rings. The molecule has 0 saturated carbocycles. The second-order valence-corrected chi connectivity index (χ2v) is 13.9. The minimum atomic E-state index is -4.09. The number of piperidine rings is 1. The molecule has 3 aliphatic heterocycles. The first kappa shape index (κ1) is 30.2. The van der Waals surface area contributed by atoms with Crippen LogP contribution in [0, 0.1) is 5.92 Å². The number of hydrogen-bond acceptors (Lipinski definition) is 7. The molecule has 4 aromatic rings. The molecular weight excluding hydrogens is 628 g/mol. The molecule has 1 saturated heterocycles. The number of pyridine rings is 1. The van der Waals surface area contributed by atoms with E-state index in [2.05, 4.69) is 14.9 Å². The Hall–Kier alpha value is -4.48. The fourth-order valence-electron chi connectivity index (χ4n) is 6.64. The topological polar surface area (TPSA) is 119 Å². The van der Waals surface area contributed by atoms with Crippen LogP contribution < -0.4 is 30.0 Å². The molecule has 4 heterocycles. The van der Waals surface area contributed by atoms with Crippen LogP contribution in [0.15, 0.2) is 88.6 Å². The standard InChI is InChI=1S/C34H33ClN4O6S/c35-27-5-2-1-4-23(27)12-13-36-34(41)24-8-10-30(38-19-22-16-25(21-38)29-6-3-7-33(40)39(29)20-22)28(17-24)37-46(42,43)26-9-11-31-32(18-26)45-15-14-44-31/h1-11,17-18,22,25,37H,12-16,19-21H2,(H,36,41). The summed E-state index contributed by atoms with van der Waals surface area (Å²) >= 11 is 6.28. The highest BCUT2D eigenvalue weighted by Gasteiger charge is 2.35. The van der Waals surface area contributed by atoms with Crippen LogP contribution in [0.5, 0.6) is 11.5 Å². The van der Waals surface area contributed by atoms with E-state index >= 15 is 0 Å². The van der Waals surface area contributed by atoms with E-state index in [0.29, 0.717) is 79.3 Å². The van der Waals surface area contributed by atoms with Crippen LogP contribution in [-0.4, -0.2) is 51.7 Å². The van der Waals surface area contributed by atoms with Crippen molar-refractivity contribution >= 4 is 38.9 Å². The fraction of sp³-hybridized carbons (Fsp3) is 0.294. The number of sulfonamides is 1. The Kier molecular flexibility index (Phi) is 8.12. The lowest BCUT2D eigenvalue weighted by Gasteiger charge is -2.44. The number of nitrogens with one attached hydrogen (secondary N) is 2. The van der Waals surface area contributed by atoms with Crippen molar-refractivity contribution in [2.45, 2.75) is 30.2 Å². The Morgan fingerprint density at radius 1 is 0.913 bits per heavy atom. The van der Waals surface area contributed by atoms with Crippen LogP contribution in [0.25, 0.3) is 0 Å². The molecule has 7 rings (SSSR count). The van der Waals surface area contributed by atoms with Crippen molar-refractivity contribution in [3.05, 3.63) is 111 Å². The SMILES string of the molecule is O=C(NCCc1ccccc1Cl)c1ccc(N2CC3CC(C2)c2cccc(=O)n2C3)c(NS(=O)(=O)c2ccc3c(c2)OCCO3)c1. The van der Waals surface area contributed by atoms with Crippen molar-refractivity contribution < 1.29 is 22.7 Å². The number of carbonyl (C=O) groups is 1. The second kappa shape index (κ2) is 12.4. The average Bonchev–Trinajstić information content (AvgIpc) is 3.05. The van der Waals surface area contributed by atoms with Gasteiger partial charge in [-0.15, -0.1) is 0 Å². The number of hydrogen-bond donors (Lipinski definition) is 2. The van der Waals surface area contributed by atoms with Crippen LogP contribution in [0.2, 0.25) is 5.02 Å². The lowest BCUT2D eigenvalue weighted by atomic mass is 9.83. The van der Waals surface area contributed by atoms with Crippen LogP contribution in [0.4, 0.5) is 11.4 Å². The van der Waals surface area contributed by atoms with Crippen molar-refractivity contribution in [3.8, 4) is 11.5 Å². The second-order valence-electron chi connectivity index (χ2n) is 11.8. The van der Waals surface area contributed by atoms with Gasteiger partial charge in [-0.25, -0.2) is 8.42 Å². The van der Waals surface area contributed by atoms with Gasteiger partial charge in [0.25, 0.3) is 21.5 Å². The van der Waals surface area contributed by atoms with E-state index in [1.54, 1.807) is 36.4 Å². The number of carbonyl (C=O) groups excluding carboxylic acids is 1.